The van der Waals surface area contributed by atoms with E-state index in [9.17, 15) is 18.0 Å². The number of halogens is 2. The van der Waals surface area contributed by atoms with E-state index in [0.717, 1.165) is 24.8 Å². The van der Waals surface area contributed by atoms with Crippen LogP contribution in [0.5, 0.6) is 0 Å². The summed E-state index contributed by atoms with van der Waals surface area (Å²) in [7, 11) is -3.83. The Bertz CT molecular complexity index is 1100. The number of carbonyl (C=O) groups excluding carboxylic acids is 2. The molecule has 0 spiro atoms. The van der Waals surface area contributed by atoms with Crippen LogP contribution in [0.1, 0.15) is 35.2 Å². The van der Waals surface area contributed by atoms with Gasteiger partial charge >= 0.3 is 5.97 Å². The molecule has 2 aromatic rings. The Balaban J connectivity index is 1.67. The molecule has 1 N–H and O–H groups in total. The van der Waals surface area contributed by atoms with E-state index in [-0.39, 0.29) is 15.5 Å². The molecular weight excluding hydrogens is 463 g/mol. The lowest BCUT2D eigenvalue weighted by molar-refractivity contribution is -0.119. The number of ether oxygens (including phenoxy) is 1. The van der Waals surface area contributed by atoms with Crippen molar-refractivity contribution in [3.63, 3.8) is 0 Å². The number of amides is 1. The molecule has 1 heterocycles. The zero-order chi connectivity index (χ0) is 22.6. The highest BCUT2D eigenvalue weighted by atomic mass is 35.5. The fourth-order valence-corrected chi connectivity index (χ4v) is 5.35. The van der Waals surface area contributed by atoms with E-state index < -0.39 is 28.5 Å². The maximum atomic E-state index is 12.9. The maximum Gasteiger partial charge on any atom is 0.338 e. The number of rotatable bonds is 6. The number of aryl methyl sites for hydroxylation is 1. The van der Waals surface area contributed by atoms with Gasteiger partial charge in [0.05, 0.1) is 10.6 Å². The molecule has 1 amide bonds. The summed E-state index contributed by atoms with van der Waals surface area (Å²) in [5.41, 5.74) is 1.33. The highest BCUT2D eigenvalue weighted by molar-refractivity contribution is 7.89. The lowest BCUT2D eigenvalue weighted by atomic mass is 10.2. The summed E-state index contributed by atoms with van der Waals surface area (Å²) in [4.78, 5) is 24.3. The summed E-state index contributed by atoms with van der Waals surface area (Å²) >= 11 is 12.1. The van der Waals surface area contributed by atoms with Crippen molar-refractivity contribution in [3.8, 4) is 0 Å². The fraction of sp³-hybridized carbons (Fsp3) is 0.333. The first-order chi connectivity index (χ1) is 14.7. The van der Waals surface area contributed by atoms with Crippen molar-refractivity contribution in [1.82, 2.24) is 4.31 Å². The highest BCUT2D eigenvalue weighted by Crippen LogP contribution is 2.28. The summed E-state index contributed by atoms with van der Waals surface area (Å²) in [6.07, 6.45) is 2.53. The van der Waals surface area contributed by atoms with E-state index in [2.05, 4.69) is 5.32 Å². The largest absolute Gasteiger partial charge is 0.452 e. The van der Waals surface area contributed by atoms with Crippen LogP contribution < -0.4 is 5.32 Å². The molecule has 1 aliphatic heterocycles. The first-order valence-electron chi connectivity index (χ1n) is 9.71. The van der Waals surface area contributed by atoms with Gasteiger partial charge < -0.3 is 10.1 Å². The predicted octanol–water partition coefficient (Wildman–Crippen LogP) is 4.27. The molecule has 2 aromatic carbocycles. The van der Waals surface area contributed by atoms with Crippen LogP contribution in [-0.2, 0) is 19.6 Å². The van der Waals surface area contributed by atoms with E-state index in [1.807, 2.05) is 6.92 Å². The summed E-state index contributed by atoms with van der Waals surface area (Å²) in [6, 6.07) is 8.90. The van der Waals surface area contributed by atoms with Crippen LogP contribution in [0, 0.1) is 6.92 Å². The van der Waals surface area contributed by atoms with Gasteiger partial charge in [-0.15, -0.1) is 0 Å². The molecule has 3 rings (SSSR count). The van der Waals surface area contributed by atoms with Gasteiger partial charge in [0, 0.05) is 23.8 Å². The van der Waals surface area contributed by atoms with Crippen LogP contribution in [0.4, 0.5) is 5.69 Å². The van der Waals surface area contributed by atoms with Gasteiger partial charge in [-0.1, -0.05) is 35.7 Å². The second-order valence-electron chi connectivity index (χ2n) is 7.20. The zero-order valence-electron chi connectivity index (χ0n) is 16.9. The summed E-state index contributed by atoms with van der Waals surface area (Å²) in [5.74, 6) is -1.38. The van der Waals surface area contributed by atoms with Gasteiger partial charge in [0.15, 0.2) is 6.61 Å². The topological polar surface area (TPSA) is 92.8 Å². The molecule has 0 atom stereocenters. The van der Waals surface area contributed by atoms with Crippen LogP contribution in [-0.4, -0.2) is 44.3 Å². The van der Waals surface area contributed by atoms with Crippen molar-refractivity contribution in [3.05, 3.63) is 57.6 Å². The monoisotopic (exact) mass is 484 g/mol. The molecule has 31 heavy (non-hydrogen) atoms. The van der Waals surface area contributed by atoms with Crippen LogP contribution in [0.25, 0.3) is 0 Å². The lowest BCUT2D eigenvalue weighted by Crippen LogP contribution is -2.35. The number of piperidine rings is 1. The molecule has 166 valence electrons. The Morgan fingerprint density at radius 2 is 1.74 bits per heavy atom. The molecule has 1 fully saturated rings. The molecule has 1 saturated heterocycles. The molecule has 10 heteroatoms. The Morgan fingerprint density at radius 1 is 1.03 bits per heavy atom. The number of hydrogen-bond donors (Lipinski definition) is 1. The van der Waals surface area contributed by atoms with E-state index in [4.69, 9.17) is 27.9 Å². The zero-order valence-corrected chi connectivity index (χ0v) is 19.2. The van der Waals surface area contributed by atoms with Gasteiger partial charge in [0.2, 0.25) is 10.0 Å². The average molecular weight is 485 g/mol. The van der Waals surface area contributed by atoms with E-state index >= 15 is 0 Å². The van der Waals surface area contributed by atoms with Gasteiger partial charge in [0.25, 0.3) is 5.91 Å². The quantitative estimate of drug-likeness (QED) is 0.617. The summed E-state index contributed by atoms with van der Waals surface area (Å²) < 4.78 is 32.2. The van der Waals surface area contributed by atoms with E-state index in [1.54, 1.807) is 18.2 Å². The number of esters is 1. The third-order valence-electron chi connectivity index (χ3n) is 4.89. The normalized spacial score (nSPS) is 14.8. The number of nitrogens with zero attached hydrogens (tertiary/aromatic N) is 1. The van der Waals surface area contributed by atoms with Crippen molar-refractivity contribution in [2.75, 3.05) is 25.0 Å². The highest BCUT2D eigenvalue weighted by Gasteiger charge is 2.29. The minimum atomic E-state index is -3.83. The van der Waals surface area contributed by atoms with Crippen molar-refractivity contribution in [1.29, 1.82) is 0 Å². The molecule has 7 nitrogen and oxygen atoms in total. The van der Waals surface area contributed by atoms with Gasteiger partial charge in [-0.2, -0.15) is 4.31 Å². The first-order valence-corrected chi connectivity index (χ1v) is 11.9. The molecule has 0 radical (unpaired) electrons. The minimum absolute atomic E-state index is 0.00818. The van der Waals surface area contributed by atoms with E-state index in [0.29, 0.717) is 23.8 Å². The minimum Gasteiger partial charge on any atom is -0.452 e. The SMILES string of the molecule is Cc1ccc(NC(=O)COC(=O)c2ccc(Cl)c(S(=O)(=O)N3CCCCC3)c2)cc1Cl. The maximum absolute atomic E-state index is 12.9. The smallest absolute Gasteiger partial charge is 0.338 e. The van der Waals surface area contributed by atoms with Crippen molar-refractivity contribution in [2.45, 2.75) is 31.1 Å². The van der Waals surface area contributed by atoms with Gasteiger partial charge in [-0.05, 0) is 55.7 Å². The Morgan fingerprint density at radius 3 is 2.42 bits per heavy atom. The number of carbonyl (C=O) groups is 2. The number of hydrogen-bond acceptors (Lipinski definition) is 5. The lowest BCUT2D eigenvalue weighted by Gasteiger charge is -2.26. The third kappa shape index (κ3) is 5.77. The first kappa shape index (κ1) is 23.5. The number of nitrogens with one attached hydrogen (secondary N) is 1. The summed E-state index contributed by atoms with van der Waals surface area (Å²) in [6.45, 7) is 2.12. The van der Waals surface area contributed by atoms with E-state index in [1.165, 1.54) is 22.5 Å². The van der Waals surface area contributed by atoms with Crippen LogP contribution in [0.2, 0.25) is 10.0 Å². The predicted molar refractivity (Wildman–Crippen MR) is 119 cm³/mol. The second-order valence-corrected chi connectivity index (χ2v) is 9.92. The van der Waals surface area contributed by atoms with Crippen LogP contribution in [0.15, 0.2) is 41.3 Å². The summed E-state index contributed by atoms with van der Waals surface area (Å²) in [5, 5.41) is 3.10. The van der Waals surface area contributed by atoms with Gasteiger partial charge in [0.1, 0.15) is 4.90 Å². The fourth-order valence-electron chi connectivity index (χ4n) is 3.15. The van der Waals surface area contributed by atoms with Crippen molar-refractivity contribution < 1.29 is 22.7 Å². The third-order valence-corrected chi connectivity index (χ3v) is 7.68. The second kappa shape index (κ2) is 9.99. The van der Waals surface area contributed by atoms with Crippen LogP contribution in [0.3, 0.4) is 0 Å². The van der Waals surface area contributed by atoms with Gasteiger partial charge in [-0.25, -0.2) is 13.2 Å². The molecule has 0 bridgehead atoms. The Kier molecular flexibility index (Phi) is 7.59. The van der Waals surface area contributed by atoms with Crippen molar-refractivity contribution in [2.24, 2.45) is 0 Å². The number of anilines is 1. The molecule has 0 unspecified atom stereocenters. The average Bonchev–Trinajstić information content (AvgIpc) is 2.75. The molecule has 0 aromatic heterocycles. The van der Waals surface area contributed by atoms with Crippen LogP contribution >= 0.6 is 23.2 Å². The standard InChI is InChI=1S/C21H22Cl2N2O5S/c1-14-5-7-16(12-18(14)23)24-20(26)13-30-21(27)15-6-8-17(22)19(11-15)31(28,29)25-9-3-2-4-10-25/h5-8,11-12H,2-4,9-10,13H2,1H3,(H,24,26). The Labute approximate surface area is 191 Å². The molecule has 1 aliphatic rings. The number of sulfonamides is 1. The van der Waals surface area contributed by atoms with Crippen molar-refractivity contribution >= 4 is 50.8 Å². The number of benzene rings is 2. The van der Waals surface area contributed by atoms with Gasteiger partial charge in [-0.3, -0.25) is 4.79 Å². The molecular formula is C21H22Cl2N2O5S. The Hall–Kier alpha value is -2.13. The molecule has 0 saturated carbocycles. The molecule has 0 aliphatic carbocycles.